The molecule has 1 aromatic carbocycles. The van der Waals surface area contributed by atoms with Crippen LogP contribution in [0.3, 0.4) is 0 Å². The first-order valence-electron chi connectivity index (χ1n) is 8.25. The average Bonchev–Trinajstić information content (AvgIpc) is 3.02. The number of halogens is 1. The molecule has 0 radical (unpaired) electrons. The van der Waals surface area contributed by atoms with E-state index in [1.807, 2.05) is 38.1 Å². The van der Waals surface area contributed by atoms with Gasteiger partial charge in [-0.2, -0.15) is 5.10 Å². The molecule has 1 atom stereocenters. The normalized spacial score (nSPS) is 12.6. The summed E-state index contributed by atoms with van der Waals surface area (Å²) in [4.78, 5) is 16.4. The molecule has 0 aliphatic rings. The molecular formula is C19H20ClN3O3. The number of esters is 1. The van der Waals surface area contributed by atoms with Crippen LogP contribution in [0, 0.1) is 6.92 Å². The molecule has 26 heavy (non-hydrogen) atoms. The molecule has 1 N–H and O–H groups in total. The van der Waals surface area contributed by atoms with Gasteiger partial charge in [0.05, 0.1) is 18.5 Å². The Kier molecular flexibility index (Phi) is 4.98. The van der Waals surface area contributed by atoms with Gasteiger partial charge in [-0.3, -0.25) is 0 Å². The summed E-state index contributed by atoms with van der Waals surface area (Å²) < 4.78 is 6.37. The number of aryl methyl sites for hydroxylation is 1. The van der Waals surface area contributed by atoms with E-state index in [1.165, 1.54) is 7.11 Å². The van der Waals surface area contributed by atoms with Crippen molar-refractivity contribution >= 4 is 23.2 Å². The molecular weight excluding hydrogens is 354 g/mol. The van der Waals surface area contributed by atoms with Gasteiger partial charge in [0.25, 0.3) is 0 Å². The van der Waals surface area contributed by atoms with Gasteiger partial charge in [-0.05, 0) is 25.0 Å². The smallest absolute Gasteiger partial charge is 0.339 e. The molecule has 3 rings (SSSR count). The SMILES string of the molecule is COC(=O)C(O)c1c(C)nc2cc(-c3cccc(Cl)c3)nn2c1C(C)C. The Morgan fingerprint density at radius 2 is 2.04 bits per heavy atom. The van der Waals surface area contributed by atoms with Gasteiger partial charge in [-0.15, -0.1) is 0 Å². The Morgan fingerprint density at radius 3 is 2.65 bits per heavy atom. The molecule has 7 heteroatoms. The zero-order chi connectivity index (χ0) is 19.0. The van der Waals surface area contributed by atoms with Gasteiger partial charge in [0.15, 0.2) is 11.8 Å². The number of aromatic nitrogens is 3. The third kappa shape index (κ3) is 3.18. The number of carbonyl (C=O) groups excluding carboxylic acids is 1. The zero-order valence-corrected chi connectivity index (χ0v) is 15.8. The minimum atomic E-state index is -1.41. The van der Waals surface area contributed by atoms with Crippen molar-refractivity contribution in [2.75, 3.05) is 7.11 Å². The largest absolute Gasteiger partial charge is 0.467 e. The van der Waals surface area contributed by atoms with Crippen LogP contribution in [-0.2, 0) is 9.53 Å². The first kappa shape index (κ1) is 18.4. The number of aliphatic hydroxyl groups is 1. The van der Waals surface area contributed by atoms with Gasteiger partial charge in [0.1, 0.15) is 0 Å². The summed E-state index contributed by atoms with van der Waals surface area (Å²) in [5.41, 5.74) is 3.94. The summed E-state index contributed by atoms with van der Waals surface area (Å²) in [6, 6.07) is 9.26. The van der Waals surface area contributed by atoms with Gasteiger partial charge in [-0.1, -0.05) is 37.6 Å². The maximum Gasteiger partial charge on any atom is 0.339 e. The predicted octanol–water partition coefficient (Wildman–Crippen LogP) is 3.69. The summed E-state index contributed by atoms with van der Waals surface area (Å²) >= 11 is 6.08. The molecule has 0 aliphatic heterocycles. The van der Waals surface area contributed by atoms with E-state index in [-0.39, 0.29) is 5.92 Å². The molecule has 1 unspecified atom stereocenters. The molecule has 0 spiro atoms. The van der Waals surface area contributed by atoms with E-state index in [2.05, 4.69) is 10.1 Å². The first-order chi connectivity index (χ1) is 12.3. The number of aliphatic hydroxyl groups excluding tert-OH is 1. The van der Waals surface area contributed by atoms with Gasteiger partial charge < -0.3 is 9.84 Å². The van der Waals surface area contributed by atoms with E-state index in [9.17, 15) is 9.90 Å². The highest BCUT2D eigenvalue weighted by atomic mass is 35.5. The third-order valence-corrected chi connectivity index (χ3v) is 4.47. The Morgan fingerprint density at radius 1 is 1.31 bits per heavy atom. The van der Waals surface area contributed by atoms with Crippen LogP contribution >= 0.6 is 11.6 Å². The van der Waals surface area contributed by atoms with Crippen molar-refractivity contribution in [1.29, 1.82) is 0 Å². The van der Waals surface area contributed by atoms with Crippen molar-refractivity contribution in [3.8, 4) is 11.3 Å². The summed E-state index contributed by atoms with van der Waals surface area (Å²) in [5, 5.41) is 15.7. The fourth-order valence-corrected chi connectivity index (χ4v) is 3.26. The monoisotopic (exact) mass is 373 g/mol. The van der Waals surface area contributed by atoms with Crippen molar-refractivity contribution in [3.05, 3.63) is 52.3 Å². The van der Waals surface area contributed by atoms with Crippen molar-refractivity contribution < 1.29 is 14.6 Å². The van der Waals surface area contributed by atoms with Crippen LogP contribution in [0.15, 0.2) is 30.3 Å². The van der Waals surface area contributed by atoms with E-state index in [0.717, 1.165) is 11.3 Å². The number of methoxy groups -OCH3 is 1. The number of fused-ring (bicyclic) bond motifs is 1. The van der Waals surface area contributed by atoms with Crippen LogP contribution < -0.4 is 0 Å². The van der Waals surface area contributed by atoms with Crippen LogP contribution in [0.5, 0.6) is 0 Å². The zero-order valence-electron chi connectivity index (χ0n) is 15.0. The molecule has 2 aromatic heterocycles. The standard InChI is InChI=1S/C19H20ClN3O3/c1-10(2)17-16(18(24)19(25)26-4)11(3)21-15-9-14(22-23(15)17)12-6-5-7-13(20)8-12/h5-10,18,24H,1-4H3. The van der Waals surface area contributed by atoms with E-state index < -0.39 is 12.1 Å². The number of ether oxygens (including phenoxy) is 1. The van der Waals surface area contributed by atoms with E-state index >= 15 is 0 Å². The number of hydrogen-bond acceptors (Lipinski definition) is 5. The predicted molar refractivity (Wildman–Crippen MR) is 99.2 cm³/mol. The van der Waals surface area contributed by atoms with Crippen LogP contribution in [0.25, 0.3) is 16.9 Å². The van der Waals surface area contributed by atoms with Crippen LogP contribution in [0.4, 0.5) is 0 Å². The number of nitrogens with zero attached hydrogens (tertiary/aromatic N) is 3. The maximum absolute atomic E-state index is 11.9. The summed E-state index contributed by atoms with van der Waals surface area (Å²) in [6.07, 6.45) is -1.41. The Balaban J connectivity index is 2.26. The highest BCUT2D eigenvalue weighted by molar-refractivity contribution is 6.30. The minimum absolute atomic E-state index is 0.000572. The van der Waals surface area contributed by atoms with E-state index in [0.29, 0.717) is 27.6 Å². The summed E-state index contributed by atoms with van der Waals surface area (Å²) in [6.45, 7) is 5.71. The molecule has 6 nitrogen and oxygen atoms in total. The van der Waals surface area contributed by atoms with Crippen molar-refractivity contribution in [3.63, 3.8) is 0 Å². The molecule has 0 fully saturated rings. The Labute approximate surface area is 156 Å². The van der Waals surface area contributed by atoms with Crippen LogP contribution in [0.1, 0.15) is 42.8 Å². The fourth-order valence-electron chi connectivity index (χ4n) is 3.07. The van der Waals surface area contributed by atoms with Crippen molar-refractivity contribution in [2.24, 2.45) is 0 Å². The van der Waals surface area contributed by atoms with Gasteiger partial charge in [0, 0.05) is 27.9 Å². The van der Waals surface area contributed by atoms with Gasteiger partial charge in [-0.25, -0.2) is 14.3 Å². The first-order valence-corrected chi connectivity index (χ1v) is 8.63. The lowest BCUT2D eigenvalue weighted by Crippen LogP contribution is -2.20. The van der Waals surface area contributed by atoms with E-state index in [1.54, 1.807) is 17.5 Å². The molecule has 3 aromatic rings. The Bertz CT molecular complexity index is 982. The number of rotatable bonds is 4. The molecule has 0 saturated carbocycles. The topological polar surface area (TPSA) is 76.7 Å². The average molecular weight is 374 g/mol. The highest BCUT2D eigenvalue weighted by Gasteiger charge is 2.28. The second-order valence-corrected chi connectivity index (χ2v) is 6.82. The lowest BCUT2D eigenvalue weighted by atomic mass is 9.98. The second kappa shape index (κ2) is 7.05. The van der Waals surface area contributed by atoms with Gasteiger partial charge in [0.2, 0.25) is 0 Å². The molecule has 0 amide bonds. The third-order valence-electron chi connectivity index (χ3n) is 4.23. The lowest BCUT2D eigenvalue weighted by Gasteiger charge is -2.19. The second-order valence-electron chi connectivity index (χ2n) is 6.39. The van der Waals surface area contributed by atoms with Gasteiger partial charge >= 0.3 is 5.97 Å². The van der Waals surface area contributed by atoms with Crippen molar-refractivity contribution in [2.45, 2.75) is 32.8 Å². The minimum Gasteiger partial charge on any atom is -0.467 e. The maximum atomic E-state index is 11.9. The number of hydrogen-bond donors (Lipinski definition) is 1. The molecule has 0 saturated heterocycles. The number of benzene rings is 1. The molecule has 136 valence electrons. The molecule has 0 aliphatic carbocycles. The van der Waals surface area contributed by atoms with E-state index in [4.69, 9.17) is 16.3 Å². The quantitative estimate of drug-likeness (QED) is 0.706. The Hall–Kier alpha value is -2.44. The molecule has 2 heterocycles. The van der Waals surface area contributed by atoms with Crippen LogP contribution in [-0.4, -0.2) is 32.8 Å². The highest BCUT2D eigenvalue weighted by Crippen LogP contribution is 2.31. The molecule has 0 bridgehead atoms. The summed E-state index contributed by atoms with van der Waals surface area (Å²) in [5.74, 6) is -0.723. The van der Waals surface area contributed by atoms with Crippen molar-refractivity contribution in [1.82, 2.24) is 14.6 Å². The fraction of sp³-hybridized carbons (Fsp3) is 0.316. The van der Waals surface area contributed by atoms with Crippen LogP contribution in [0.2, 0.25) is 5.02 Å². The number of carbonyl (C=O) groups is 1. The lowest BCUT2D eigenvalue weighted by molar-refractivity contribution is -0.150. The summed E-state index contributed by atoms with van der Waals surface area (Å²) in [7, 11) is 1.24.